The fourth-order valence-electron chi connectivity index (χ4n) is 2.32. The van der Waals surface area contributed by atoms with Crippen molar-refractivity contribution in [2.45, 2.75) is 6.92 Å². The normalized spacial score (nSPS) is 20.4. The number of rotatable bonds is 3. The van der Waals surface area contributed by atoms with Crippen LogP contribution < -0.4 is 4.74 Å². The number of benzene rings is 1. The van der Waals surface area contributed by atoms with Gasteiger partial charge in [-0.1, -0.05) is 18.2 Å². The van der Waals surface area contributed by atoms with Gasteiger partial charge in [0.05, 0.1) is 24.7 Å². The minimum atomic E-state index is -0.183. The van der Waals surface area contributed by atoms with Crippen molar-refractivity contribution in [2.75, 3.05) is 32.9 Å². The first-order chi connectivity index (χ1) is 10.8. The van der Waals surface area contributed by atoms with Crippen LogP contribution in [-0.4, -0.2) is 48.9 Å². The van der Waals surface area contributed by atoms with E-state index in [0.717, 1.165) is 29.6 Å². The molecule has 2 aliphatic rings. The molecule has 6 heteroatoms. The lowest BCUT2D eigenvalue weighted by Gasteiger charge is -2.27. The summed E-state index contributed by atoms with van der Waals surface area (Å²) in [6.45, 7) is 5.46. The van der Waals surface area contributed by atoms with Crippen molar-refractivity contribution in [3.63, 3.8) is 0 Å². The highest BCUT2D eigenvalue weighted by molar-refractivity contribution is 8.18. The summed E-state index contributed by atoms with van der Waals surface area (Å²) in [6, 6.07) is 7.71. The van der Waals surface area contributed by atoms with E-state index in [0.29, 0.717) is 24.7 Å². The molecule has 22 heavy (non-hydrogen) atoms. The van der Waals surface area contributed by atoms with Crippen LogP contribution >= 0.6 is 11.8 Å². The first-order valence-corrected chi connectivity index (χ1v) is 8.16. The Balaban J connectivity index is 1.78. The largest absolute Gasteiger partial charge is 0.493 e. The van der Waals surface area contributed by atoms with Crippen molar-refractivity contribution in [1.82, 2.24) is 4.90 Å². The highest BCUT2D eigenvalue weighted by atomic mass is 32.2. The van der Waals surface area contributed by atoms with Gasteiger partial charge in [0.2, 0.25) is 0 Å². The summed E-state index contributed by atoms with van der Waals surface area (Å²) in [4.78, 5) is 19.0. The molecule has 0 atom stereocenters. The van der Waals surface area contributed by atoms with Crippen molar-refractivity contribution in [2.24, 2.45) is 4.99 Å². The molecule has 116 valence electrons. The third-order valence-electron chi connectivity index (χ3n) is 3.40. The molecule has 0 aromatic heterocycles. The Morgan fingerprint density at radius 1 is 1.36 bits per heavy atom. The second-order valence-corrected chi connectivity index (χ2v) is 5.89. The Morgan fingerprint density at radius 2 is 2.14 bits per heavy atom. The van der Waals surface area contributed by atoms with Crippen molar-refractivity contribution < 1.29 is 14.3 Å². The minimum absolute atomic E-state index is 0.183. The summed E-state index contributed by atoms with van der Waals surface area (Å²) < 4.78 is 10.9. The fourth-order valence-corrected chi connectivity index (χ4v) is 3.27. The van der Waals surface area contributed by atoms with Crippen molar-refractivity contribution in [3.05, 3.63) is 34.7 Å². The number of ether oxygens (including phenoxy) is 2. The van der Waals surface area contributed by atoms with Crippen LogP contribution in [0.3, 0.4) is 0 Å². The van der Waals surface area contributed by atoms with Gasteiger partial charge in [-0.05, 0) is 30.8 Å². The monoisotopic (exact) mass is 318 g/mol. The molecule has 2 heterocycles. The van der Waals surface area contributed by atoms with Gasteiger partial charge in [-0.3, -0.25) is 4.79 Å². The zero-order valence-electron chi connectivity index (χ0n) is 12.4. The van der Waals surface area contributed by atoms with Crippen LogP contribution in [0.4, 0.5) is 0 Å². The molecule has 0 spiro atoms. The second-order valence-electron chi connectivity index (χ2n) is 4.88. The fraction of sp³-hybridized carbons (Fsp3) is 0.375. The van der Waals surface area contributed by atoms with Gasteiger partial charge in [0.25, 0.3) is 5.91 Å². The lowest BCUT2D eigenvalue weighted by molar-refractivity contribution is -0.113. The second kappa shape index (κ2) is 6.98. The molecule has 0 N–H and O–H groups in total. The summed E-state index contributed by atoms with van der Waals surface area (Å²) >= 11 is 1.42. The number of carbonyl (C=O) groups excluding carboxylic acids is 1. The average molecular weight is 318 g/mol. The number of morpholine rings is 1. The maximum atomic E-state index is 12.1. The lowest BCUT2D eigenvalue weighted by Crippen LogP contribution is -2.38. The molecule has 5 nitrogen and oxygen atoms in total. The number of amides is 1. The molecule has 3 rings (SSSR count). The van der Waals surface area contributed by atoms with Gasteiger partial charge < -0.3 is 14.4 Å². The van der Waals surface area contributed by atoms with Crippen molar-refractivity contribution >= 4 is 28.9 Å². The first-order valence-electron chi connectivity index (χ1n) is 7.35. The number of hydrogen-bond donors (Lipinski definition) is 0. The van der Waals surface area contributed by atoms with Gasteiger partial charge in [-0.15, -0.1) is 0 Å². The Labute approximate surface area is 134 Å². The van der Waals surface area contributed by atoms with E-state index in [9.17, 15) is 4.79 Å². The number of nitrogens with zero attached hydrogens (tertiary/aromatic N) is 2. The number of thioether (sulfide) groups is 1. The lowest BCUT2D eigenvalue weighted by atomic mass is 10.2. The number of hydrogen-bond acceptors (Lipinski definition) is 5. The zero-order chi connectivity index (χ0) is 15.4. The standard InChI is InChI=1S/C16H18N2O3S/c1-2-21-13-6-4-3-5-12(13)11-14-15(19)17-16(22-14)18-7-9-20-10-8-18/h3-6,11H,2,7-10H2,1H3/b14-11-. The minimum Gasteiger partial charge on any atom is -0.493 e. The van der Waals surface area contributed by atoms with Crippen molar-refractivity contribution in [3.8, 4) is 5.75 Å². The van der Waals surface area contributed by atoms with Crippen LogP contribution in [0.2, 0.25) is 0 Å². The Morgan fingerprint density at radius 3 is 2.91 bits per heavy atom. The van der Waals surface area contributed by atoms with Gasteiger partial charge in [-0.2, -0.15) is 4.99 Å². The Kier molecular flexibility index (Phi) is 4.80. The topological polar surface area (TPSA) is 51.1 Å². The van der Waals surface area contributed by atoms with Gasteiger partial charge >= 0.3 is 0 Å². The number of carbonyl (C=O) groups is 1. The third-order valence-corrected chi connectivity index (χ3v) is 4.44. The molecule has 1 aromatic rings. The van der Waals surface area contributed by atoms with Gasteiger partial charge in [0.15, 0.2) is 5.17 Å². The van der Waals surface area contributed by atoms with Crippen LogP contribution in [0.1, 0.15) is 12.5 Å². The van der Waals surface area contributed by atoms with Crippen LogP contribution in [0.25, 0.3) is 6.08 Å². The smallest absolute Gasteiger partial charge is 0.286 e. The first kappa shape index (κ1) is 15.1. The zero-order valence-corrected chi connectivity index (χ0v) is 13.3. The highest BCUT2D eigenvalue weighted by Crippen LogP contribution is 2.32. The molecular formula is C16H18N2O3S. The van der Waals surface area contributed by atoms with E-state index in [4.69, 9.17) is 9.47 Å². The molecule has 1 saturated heterocycles. The molecule has 2 aliphatic heterocycles. The molecule has 0 bridgehead atoms. The number of amidine groups is 1. The predicted molar refractivity (Wildman–Crippen MR) is 88.0 cm³/mol. The van der Waals surface area contributed by atoms with E-state index in [1.165, 1.54) is 11.8 Å². The van der Waals surface area contributed by atoms with E-state index < -0.39 is 0 Å². The quantitative estimate of drug-likeness (QED) is 0.801. The predicted octanol–water partition coefficient (Wildman–Crippen LogP) is 2.39. The van der Waals surface area contributed by atoms with Crippen LogP contribution in [0, 0.1) is 0 Å². The van der Waals surface area contributed by atoms with Crippen molar-refractivity contribution in [1.29, 1.82) is 0 Å². The number of para-hydroxylation sites is 1. The van der Waals surface area contributed by atoms with E-state index in [1.807, 2.05) is 37.3 Å². The van der Waals surface area contributed by atoms with Gasteiger partial charge in [0.1, 0.15) is 5.75 Å². The summed E-state index contributed by atoms with van der Waals surface area (Å²) in [5, 5.41) is 0.772. The average Bonchev–Trinajstić information content (AvgIpc) is 2.91. The SMILES string of the molecule is CCOc1ccccc1/C=C1\SC(N2CCOCC2)=NC1=O. The molecule has 1 aromatic carbocycles. The summed E-state index contributed by atoms with van der Waals surface area (Å²) in [7, 11) is 0. The van der Waals surface area contributed by atoms with E-state index in [-0.39, 0.29) is 5.91 Å². The van der Waals surface area contributed by atoms with Crippen LogP contribution in [0.5, 0.6) is 5.75 Å². The Hall–Kier alpha value is -1.79. The summed E-state index contributed by atoms with van der Waals surface area (Å²) in [5.74, 6) is 0.600. The highest BCUT2D eigenvalue weighted by Gasteiger charge is 2.27. The number of aliphatic imine (C=N–C) groups is 1. The molecule has 1 amide bonds. The van der Waals surface area contributed by atoms with Gasteiger partial charge in [-0.25, -0.2) is 0 Å². The molecular weight excluding hydrogens is 300 g/mol. The summed E-state index contributed by atoms with van der Waals surface area (Å²) in [6.07, 6.45) is 1.86. The molecule has 0 radical (unpaired) electrons. The molecule has 0 aliphatic carbocycles. The van der Waals surface area contributed by atoms with Gasteiger partial charge in [0, 0.05) is 18.7 Å². The molecule has 1 fully saturated rings. The van der Waals surface area contributed by atoms with E-state index in [1.54, 1.807) is 0 Å². The maximum Gasteiger partial charge on any atom is 0.286 e. The Bertz CT molecular complexity index is 622. The van der Waals surface area contributed by atoms with Crippen LogP contribution in [0.15, 0.2) is 34.2 Å². The third kappa shape index (κ3) is 3.34. The maximum absolute atomic E-state index is 12.1. The molecule has 0 saturated carbocycles. The summed E-state index contributed by atoms with van der Waals surface area (Å²) in [5.41, 5.74) is 0.902. The molecule has 0 unspecified atom stereocenters. The van der Waals surface area contributed by atoms with Crippen LogP contribution in [-0.2, 0) is 9.53 Å². The van der Waals surface area contributed by atoms with E-state index in [2.05, 4.69) is 9.89 Å². The van der Waals surface area contributed by atoms with E-state index >= 15 is 0 Å².